The summed E-state index contributed by atoms with van der Waals surface area (Å²) < 4.78 is 6.54. The van der Waals surface area contributed by atoms with Gasteiger partial charge in [-0.2, -0.15) is 0 Å². The third-order valence-corrected chi connectivity index (χ3v) is 4.16. The van der Waals surface area contributed by atoms with Crippen LogP contribution in [0.2, 0.25) is 8.67 Å². The zero-order valence-electron chi connectivity index (χ0n) is 8.08. The minimum Gasteiger partial charge on any atom is -0.388 e. The Morgan fingerprint density at radius 1 is 1.53 bits per heavy atom. The van der Waals surface area contributed by atoms with Crippen molar-refractivity contribution in [3.63, 3.8) is 0 Å². The predicted octanol–water partition coefficient (Wildman–Crippen LogP) is 3.51. The van der Waals surface area contributed by atoms with E-state index >= 15 is 0 Å². The van der Waals surface area contributed by atoms with E-state index in [1.165, 1.54) is 11.3 Å². The quantitative estimate of drug-likeness (QED) is 0.888. The van der Waals surface area contributed by atoms with E-state index in [9.17, 15) is 5.11 Å². The maximum Gasteiger partial charge on any atom is 0.100 e. The minimum absolute atomic E-state index is 0.141. The van der Waals surface area contributed by atoms with E-state index in [1.54, 1.807) is 6.07 Å². The van der Waals surface area contributed by atoms with E-state index in [2.05, 4.69) is 0 Å². The van der Waals surface area contributed by atoms with Gasteiger partial charge in [0.15, 0.2) is 0 Å². The minimum atomic E-state index is -0.554. The molecule has 2 atom stereocenters. The number of rotatable bonds is 2. The number of hydrogen-bond acceptors (Lipinski definition) is 3. The van der Waals surface area contributed by atoms with Crippen molar-refractivity contribution < 1.29 is 9.84 Å². The van der Waals surface area contributed by atoms with Crippen molar-refractivity contribution >= 4 is 34.5 Å². The van der Waals surface area contributed by atoms with Crippen LogP contribution in [0.4, 0.5) is 0 Å². The van der Waals surface area contributed by atoms with Crippen LogP contribution in [0, 0.1) is 5.92 Å². The first-order chi connectivity index (χ1) is 7.18. The van der Waals surface area contributed by atoms with Crippen molar-refractivity contribution in [1.29, 1.82) is 0 Å². The van der Waals surface area contributed by atoms with Gasteiger partial charge >= 0.3 is 0 Å². The highest BCUT2D eigenvalue weighted by Crippen LogP contribution is 2.39. The van der Waals surface area contributed by atoms with Crippen LogP contribution in [0.3, 0.4) is 0 Å². The van der Waals surface area contributed by atoms with E-state index < -0.39 is 6.10 Å². The Hall–Kier alpha value is 0.200. The van der Waals surface area contributed by atoms with Gasteiger partial charge in [-0.05, 0) is 18.9 Å². The topological polar surface area (TPSA) is 29.5 Å². The van der Waals surface area contributed by atoms with Gasteiger partial charge in [0.1, 0.15) is 4.34 Å². The maximum atomic E-state index is 10.1. The maximum absolute atomic E-state index is 10.1. The molecule has 2 nitrogen and oxygen atoms in total. The first-order valence-electron chi connectivity index (χ1n) is 4.89. The van der Waals surface area contributed by atoms with Gasteiger partial charge in [-0.1, -0.05) is 23.2 Å². The van der Waals surface area contributed by atoms with E-state index in [0.717, 1.165) is 25.0 Å². The van der Waals surface area contributed by atoms with E-state index in [-0.39, 0.29) is 5.92 Å². The van der Waals surface area contributed by atoms with Crippen molar-refractivity contribution in [2.24, 2.45) is 5.92 Å². The fourth-order valence-electron chi connectivity index (χ4n) is 1.82. The zero-order chi connectivity index (χ0) is 10.8. The van der Waals surface area contributed by atoms with Crippen molar-refractivity contribution in [1.82, 2.24) is 0 Å². The second kappa shape index (κ2) is 5.02. The highest BCUT2D eigenvalue weighted by Gasteiger charge is 2.26. The average molecular weight is 267 g/mol. The second-order valence-electron chi connectivity index (χ2n) is 3.70. The summed E-state index contributed by atoms with van der Waals surface area (Å²) in [5.74, 6) is 0.141. The molecule has 84 valence electrons. The van der Waals surface area contributed by atoms with E-state index in [1.807, 2.05) is 0 Å². The van der Waals surface area contributed by atoms with Gasteiger partial charge in [-0.3, -0.25) is 0 Å². The summed E-state index contributed by atoms with van der Waals surface area (Å²) in [5, 5.41) is 10.1. The fraction of sp³-hybridized carbons (Fsp3) is 0.600. The van der Waals surface area contributed by atoms with Crippen LogP contribution >= 0.6 is 34.5 Å². The zero-order valence-corrected chi connectivity index (χ0v) is 10.4. The molecule has 2 unspecified atom stereocenters. The molecule has 0 amide bonds. The molecular formula is C10H12Cl2O2S. The molecule has 0 aliphatic carbocycles. The lowest BCUT2D eigenvalue weighted by atomic mass is 9.92. The van der Waals surface area contributed by atoms with E-state index in [4.69, 9.17) is 27.9 Å². The van der Waals surface area contributed by atoms with Crippen molar-refractivity contribution in [2.75, 3.05) is 13.2 Å². The van der Waals surface area contributed by atoms with Gasteiger partial charge in [-0.15, -0.1) is 11.3 Å². The van der Waals surface area contributed by atoms with Gasteiger partial charge in [0.2, 0.25) is 0 Å². The number of aliphatic hydroxyl groups is 1. The lowest BCUT2D eigenvalue weighted by molar-refractivity contribution is -0.00977. The summed E-state index contributed by atoms with van der Waals surface area (Å²) in [6, 6.07) is 1.74. The molecule has 1 aromatic heterocycles. The van der Waals surface area contributed by atoms with E-state index in [0.29, 0.717) is 15.3 Å². The Morgan fingerprint density at radius 3 is 2.87 bits per heavy atom. The summed E-state index contributed by atoms with van der Waals surface area (Å²) in [4.78, 5) is 0. The third kappa shape index (κ3) is 2.66. The normalized spacial score (nSPS) is 24.1. The first kappa shape index (κ1) is 11.7. The molecule has 0 spiro atoms. The first-order valence-corrected chi connectivity index (χ1v) is 6.46. The Kier molecular flexibility index (Phi) is 3.91. The molecule has 1 aliphatic rings. The lowest BCUT2D eigenvalue weighted by Gasteiger charge is -2.26. The van der Waals surface area contributed by atoms with Crippen LogP contribution in [-0.4, -0.2) is 18.3 Å². The molecule has 1 saturated heterocycles. The highest BCUT2D eigenvalue weighted by atomic mass is 35.5. The number of halogens is 2. The molecule has 2 rings (SSSR count). The molecular weight excluding hydrogens is 255 g/mol. The summed E-state index contributed by atoms with van der Waals surface area (Å²) in [6.45, 7) is 1.40. The molecule has 2 heterocycles. The summed E-state index contributed by atoms with van der Waals surface area (Å²) >= 11 is 13.1. The Balaban J connectivity index is 2.12. The average Bonchev–Trinajstić information content (AvgIpc) is 2.58. The molecule has 1 aliphatic heterocycles. The smallest absolute Gasteiger partial charge is 0.100 e. The fourth-order valence-corrected chi connectivity index (χ4v) is 3.36. The van der Waals surface area contributed by atoms with Gasteiger partial charge in [-0.25, -0.2) is 0 Å². The number of aliphatic hydroxyl groups excluding tert-OH is 1. The SMILES string of the molecule is OC(c1cc(Cl)sc1Cl)C1CCCOC1. The largest absolute Gasteiger partial charge is 0.388 e. The number of hydrogen-bond donors (Lipinski definition) is 1. The van der Waals surface area contributed by atoms with Crippen molar-refractivity contribution in [2.45, 2.75) is 18.9 Å². The lowest BCUT2D eigenvalue weighted by Crippen LogP contribution is -2.23. The van der Waals surface area contributed by atoms with Crippen LogP contribution in [0.1, 0.15) is 24.5 Å². The van der Waals surface area contributed by atoms with Gasteiger partial charge in [0.05, 0.1) is 17.0 Å². The molecule has 5 heteroatoms. The Labute approximate surface area is 103 Å². The molecule has 0 saturated carbocycles. The third-order valence-electron chi connectivity index (χ3n) is 2.64. The molecule has 1 N–H and O–H groups in total. The number of ether oxygens (including phenoxy) is 1. The Morgan fingerprint density at radius 2 is 2.33 bits per heavy atom. The molecule has 15 heavy (non-hydrogen) atoms. The molecule has 1 aromatic rings. The van der Waals surface area contributed by atoms with Crippen molar-refractivity contribution in [3.8, 4) is 0 Å². The van der Waals surface area contributed by atoms with Gasteiger partial charge in [0, 0.05) is 18.1 Å². The predicted molar refractivity (Wildman–Crippen MR) is 62.8 cm³/mol. The standard InChI is InChI=1S/C10H12Cl2O2S/c11-8-4-7(10(12)15-8)9(13)6-2-1-3-14-5-6/h4,6,9,13H,1-3,5H2. The molecule has 0 bridgehead atoms. The van der Waals surface area contributed by atoms with Crippen molar-refractivity contribution in [3.05, 3.63) is 20.3 Å². The number of thiophene rings is 1. The summed E-state index contributed by atoms with van der Waals surface area (Å²) in [5.41, 5.74) is 0.738. The second-order valence-corrected chi connectivity index (χ2v) is 5.99. The molecule has 1 fully saturated rings. The van der Waals surface area contributed by atoms with Crippen LogP contribution in [0.25, 0.3) is 0 Å². The van der Waals surface area contributed by atoms with Crippen LogP contribution in [0.15, 0.2) is 6.07 Å². The summed E-state index contributed by atoms with van der Waals surface area (Å²) in [6.07, 6.45) is 1.42. The van der Waals surface area contributed by atoms with Gasteiger partial charge < -0.3 is 9.84 Å². The Bertz CT molecular complexity index is 334. The highest BCUT2D eigenvalue weighted by molar-refractivity contribution is 7.20. The molecule has 0 radical (unpaired) electrons. The van der Waals surface area contributed by atoms with Crippen LogP contribution in [-0.2, 0) is 4.74 Å². The van der Waals surface area contributed by atoms with Crippen LogP contribution in [0.5, 0.6) is 0 Å². The summed E-state index contributed by atoms with van der Waals surface area (Å²) in [7, 11) is 0. The monoisotopic (exact) mass is 266 g/mol. The van der Waals surface area contributed by atoms with Crippen LogP contribution < -0.4 is 0 Å². The van der Waals surface area contributed by atoms with Gasteiger partial charge in [0.25, 0.3) is 0 Å². The molecule has 0 aromatic carbocycles.